The van der Waals surface area contributed by atoms with Crippen LogP contribution in [0.1, 0.15) is 24.0 Å². The number of carbonyl (C=O) groups is 1. The lowest BCUT2D eigenvalue weighted by Crippen LogP contribution is -2.16. The number of amides is 1. The standard InChI is InChI=1S/C12H15NO.CO2/c1-8-3-5-10(6-4-8)11-7-13-12(14)9(11)2;2-1-3/h3-6,9,11H,7H2,1-2H3,(H,13,14);/t9-,11+;/m1./s1. The molecule has 0 unspecified atom stereocenters. The van der Waals surface area contributed by atoms with Gasteiger partial charge in [-0.2, -0.15) is 9.59 Å². The van der Waals surface area contributed by atoms with E-state index < -0.39 is 0 Å². The van der Waals surface area contributed by atoms with Gasteiger partial charge >= 0.3 is 6.15 Å². The van der Waals surface area contributed by atoms with E-state index in [1.165, 1.54) is 11.1 Å². The second-order valence-electron chi connectivity index (χ2n) is 4.13. The monoisotopic (exact) mass is 233 g/mol. The largest absolute Gasteiger partial charge is 0.373 e. The third-order valence-corrected chi connectivity index (χ3v) is 3.02. The van der Waals surface area contributed by atoms with Crippen molar-refractivity contribution in [3.63, 3.8) is 0 Å². The molecule has 0 aliphatic carbocycles. The van der Waals surface area contributed by atoms with E-state index in [1.807, 2.05) is 6.92 Å². The topological polar surface area (TPSA) is 63.2 Å². The van der Waals surface area contributed by atoms with E-state index in [9.17, 15) is 4.79 Å². The summed E-state index contributed by atoms with van der Waals surface area (Å²) in [5.74, 6) is 0.636. The van der Waals surface area contributed by atoms with E-state index in [4.69, 9.17) is 9.59 Å². The van der Waals surface area contributed by atoms with Gasteiger partial charge in [-0.1, -0.05) is 36.8 Å². The third kappa shape index (κ3) is 3.26. The summed E-state index contributed by atoms with van der Waals surface area (Å²) in [4.78, 5) is 27.6. The first kappa shape index (κ1) is 13.1. The van der Waals surface area contributed by atoms with Crippen molar-refractivity contribution in [1.29, 1.82) is 0 Å². The van der Waals surface area contributed by atoms with Crippen LogP contribution >= 0.6 is 0 Å². The highest BCUT2D eigenvalue weighted by Crippen LogP contribution is 2.28. The number of hydrogen-bond acceptors (Lipinski definition) is 3. The molecule has 0 radical (unpaired) electrons. The molecule has 0 aromatic heterocycles. The van der Waals surface area contributed by atoms with Crippen LogP contribution < -0.4 is 5.32 Å². The normalized spacial score (nSPS) is 22.1. The molecule has 17 heavy (non-hydrogen) atoms. The minimum Gasteiger partial charge on any atom is -0.355 e. The molecule has 1 fully saturated rings. The SMILES string of the molecule is Cc1ccc([C@H]2CNC(=O)[C@@H]2C)cc1.O=C=O. The van der Waals surface area contributed by atoms with Gasteiger partial charge in [0, 0.05) is 18.4 Å². The van der Waals surface area contributed by atoms with E-state index in [-0.39, 0.29) is 18.0 Å². The molecule has 1 aromatic rings. The highest BCUT2D eigenvalue weighted by atomic mass is 16.2. The van der Waals surface area contributed by atoms with Crippen molar-refractivity contribution in [1.82, 2.24) is 5.32 Å². The van der Waals surface area contributed by atoms with Crippen LogP contribution in [-0.2, 0) is 14.4 Å². The first-order valence-corrected chi connectivity index (χ1v) is 5.43. The van der Waals surface area contributed by atoms with Gasteiger partial charge in [0.15, 0.2) is 0 Å². The summed E-state index contributed by atoms with van der Waals surface area (Å²) in [5.41, 5.74) is 2.53. The van der Waals surface area contributed by atoms with Crippen molar-refractivity contribution in [2.45, 2.75) is 19.8 Å². The molecular weight excluding hydrogens is 218 g/mol. The second-order valence-corrected chi connectivity index (χ2v) is 4.13. The first-order chi connectivity index (χ1) is 8.10. The van der Waals surface area contributed by atoms with Gasteiger partial charge in [-0.05, 0) is 12.5 Å². The Morgan fingerprint density at radius 2 is 1.76 bits per heavy atom. The predicted molar refractivity (Wildman–Crippen MR) is 61.1 cm³/mol. The Hall–Kier alpha value is -1.93. The summed E-state index contributed by atoms with van der Waals surface area (Å²) in [6.07, 6.45) is 0.250. The van der Waals surface area contributed by atoms with Gasteiger partial charge in [0.25, 0.3) is 0 Å². The van der Waals surface area contributed by atoms with Crippen LogP contribution in [0, 0.1) is 12.8 Å². The van der Waals surface area contributed by atoms with E-state index in [1.54, 1.807) is 0 Å². The molecule has 1 aliphatic rings. The maximum atomic E-state index is 11.3. The molecule has 1 amide bonds. The zero-order valence-electron chi connectivity index (χ0n) is 9.90. The fourth-order valence-corrected chi connectivity index (χ4v) is 1.95. The van der Waals surface area contributed by atoms with Crippen molar-refractivity contribution in [3.8, 4) is 0 Å². The van der Waals surface area contributed by atoms with E-state index in [2.05, 4.69) is 36.5 Å². The molecule has 1 heterocycles. The Morgan fingerprint density at radius 1 is 1.24 bits per heavy atom. The fourth-order valence-electron chi connectivity index (χ4n) is 1.95. The number of hydrogen-bond donors (Lipinski definition) is 1. The van der Waals surface area contributed by atoms with Crippen molar-refractivity contribution < 1.29 is 14.4 Å². The summed E-state index contributed by atoms with van der Waals surface area (Å²) in [7, 11) is 0. The van der Waals surface area contributed by atoms with Gasteiger partial charge in [0.1, 0.15) is 0 Å². The Morgan fingerprint density at radius 3 is 2.18 bits per heavy atom. The Labute approximate surface area is 100 Å². The summed E-state index contributed by atoms with van der Waals surface area (Å²) in [6.45, 7) is 4.85. The van der Waals surface area contributed by atoms with Gasteiger partial charge in [-0.3, -0.25) is 4.79 Å². The first-order valence-electron chi connectivity index (χ1n) is 5.43. The van der Waals surface area contributed by atoms with Gasteiger partial charge in [0.05, 0.1) is 0 Å². The average molecular weight is 233 g/mol. The minimum absolute atomic E-state index is 0.109. The molecule has 1 saturated heterocycles. The van der Waals surface area contributed by atoms with Gasteiger partial charge < -0.3 is 5.32 Å². The molecule has 90 valence electrons. The van der Waals surface area contributed by atoms with Crippen LogP contribution in [0.3, 0.4) is 0 Å². The highest BCUT2D eigenvalue weighted by molar-refractivity contribution is 5.81. The maximum Gasteiger partial charge on any atom is 0.373 e. The molecule has 2 rings (SSSR count). The molecule has 0 bridgehead atoms. The van der Waals surface area contributed by atoms with Gasteiger partial charge in [0.2, 0.25) is 5.91 Å². The molecule has 1 aromatic carbocycles. The van der Waals surface area contributed by atoms with Crippen molar-refractivity contribution in [2.24, 2.45) is 5.92 Å². The Bertz CT molecular complexity index is 419. The predicted octanol–water partition coefficient (Wildman–Crippen LogP) is 1.26. The molecule has 1 N–H and O–H groups in total. The minimum atomic E-state index is 0.109. The molecule has 1 aliphatic heterocycles. The van der Waals surface area contributed by atoms with Gasteiger partial charge in [-0.15, -0.1) is 0 Å². The lowest BCUT2D eigenvalue weighted by atomic mass is 9.90. The summed E-state index contributed by atoms with van der Waals surface area (Å²) >= 11 is 0. The van der Waals surface area contributed by atoms with Crippen molar-refractivity contribution in [3.05, 3.63) is 35.4 Å². The van der Waals surface area contributed by atoms with Crippen LogP contribution in [0.4, 0.5) is 0 Å². The quantitative estimate of drug-likeness (QED) is 0.794. The van der Waals surface area contributed by atoms with Crippen LogP contribution in [0.25, 0.3) is 0 Å². The zero-order valence-corrected chi connectivity index (χ0v) is 9.90. The van der Waals surface area contributed by atoms with Crippen LogP contribution in [-0.4, -0.2) is 18.6 Å². The summed E-state index contributed by atoms with van der Waals surface area (Å²) in [6, 6.07) is 8.45. The Kier molecular flexibility index (Phi) is 4.61. The zero-order chi connectivity index (χ0) is 12.8. The van der Waals surface area contributed by atoms with E-state index in [0.717, 1.165) is 6.54 Å². The molecule has 0 spiro atoms. The smallest absolute Gasteiger partial charge is 0.355 e. The number of rotatable bonds is 1. The third-order valence-electron chi connectivity index (χ3n) is 3.02. The van der Waals surface area contributed by atoms with Crippen LogP contribution in [0.15, 0.2) is 24.3 Å². The molecule has 4 nitrogen and oxygen atoms in total. The Balaban J connectivity index is 0.000000437. The summed E-state index contributed by atoms with van der Waals surface area (Å²) < 4.78 is 0. The number of carbonyl (C=O) groups excluding carboxylic acids is 3. The molecular formula is C13H15NO3. The summed E-state index contributed by atoms with van der Waals surface area (Å²) in [5, 5.41) is 2.89. The van der Waals surface area contributed by atoms with Crippen LogP contribution in [0.2, 0.25) is 0 Å². The lowest BCUT2D eigenvalue weighted by Gasteiger charge is -2.12. The van der Waals surface area contributed by atoms with E-state index in [0.29, 0.717) is 5.92 Å². The van der Waals surface area contributed by atoms with Crippen LogP contribution in [0.5, 0.6) is 0 Å². The number of benzene rings is 1. The van der Waals surface area contributed by atoms with E-state index >= 15 is 0 Å². The highest BCUT2D eigenvalue weighted by Gasteiger charge is 2.31. The van der Waals surface area contributed by atoms with Crippen molar-refractivity contribution in [2.75, 3.05) is 6.54 Å². The average Bonchev–Trinajstić information content (AvgIpc) is 2.63. The molecule has 2 atom stereocenters. The second kappa shape index (κ2) is 5.97. The fraction of sp³-hybridized carbons (Fsp3) is 0.385. The number of aryl methyl sites for hydroxylation is 1. The van der Waals surface area contributed by atoms with Crippen molar-refractivity contribution >= 4 is 12.1 Å². The number of nitrogens with one attached hydrogen (secondary N) is 1. The molecule has 0 saturated carbocycles. The molecule has 4 heteroatoms. The lowest BCUT2D eigenvalue weighted by molar-refractivity contribution is -0.191. The maximum absolute atomic E-state index is 11.3. The van der Waals surface area contributed by atoms with Gasteiger partial charge in [-0.25, -0.2) is 0 Å².